The fraction of sp³-hybridized carbons (Fsp3) is 0.286. The van der Waals surface area contributed by atoms with Crippen molar-refractivity contribution in [2.24, 2.45) is 0 Å². The van der Waals surface area contributed by atoms with Crippen molar-refractivity contribution in [2.75, 3.05) is 12.8 Å². The minimum absolute atomic E-state index is 0.140. The van der Waals surface area contributed by atoms with E-state index >= 15 is 0 Å². The number of carbonyl (C=O) groups excluding carboxylic acids is 1. The van der Waals surface area contributed by atoms with Crippen LogP contribution in [0.1, 0.15) is 22.3 Å². The first-order chi connectivity index (χ1) is 14.1. The number of benzene rings is 2. The Kier molecular flexibility index (Phi) is 6.50. The summed E-state index contributed by atoms with van der Waals surface area (Å²) in [5.41, 5.74) is 3.16. The molecule has 0 saturated heterocycles. The van der Waals surface area contributed by atoms with E-state index in [2.05, 4.69) is 10.2 Å². The number of halogens is 3. The Balaban J connectivity index is 1.61. The standard InChI is InChI=1S/C21H21F3N4OS/c1-14-4-9-18(10-15(14)2)28-13-25-26-20(28)30-12-19(29)27(3)11-16-5-7-17(8-6-16)21(22,23)24/h4-10,13H,11-12H2,1-3H3. The number of hydrogen-bond donors (Lipinski definition) is 0. The zero-order chi connectivity index (χ0) is 21.9. The van der Waals surface area contributed by atoms with Gasteiger partial charge in [-0.1, -0.05) is 30.0 Å². The summed E-state index contributed by atoms with van der Waals surface area (Å²) in [6.07, 6.45) is -2.77. The monoisotopic (exact) mass is 434 g/mol. The molecule has 0 unspecified atom stereocenters. The molecule has 158 valence electrons. The molecule has 0 atom stereocenters. The molecular weight excluding hydrogens is 413 g/mol. The molecule has 3 aromatic rings. The molecule has 0 saturated carbocycles. The number of nitrogens with zero attached hydrogens (tertiary/aromatic N) is 4. The number of rotatable bonds is 6. The van der Waals surface area contributed by atoms with Crippen LogP contribution in [0.15, 0.2) is 53.9 Å². The first kappa shape index (κ1) is 21.9. The molecule has 0 fully saturated rings. The Labute approximate surface area is 176 Å². The highest BCUT2D eigenvalue weighted by molar-refractivity contribution is 7.99. The van der Waals surface area contributed by atoms with E-state index in [0.717, 1.165) is 23.4 Å². The summed E-state index contributed by atoms with van der Waals surface area (Å²) in [6, 6.07) is 10.8. The summed E-state index contributed by atoms with van der Waals surface area (Å²) in [5.74, 6) is -0.0183. The molecule has 0 spiro atoms. The predicted molar refractivity (Wildman–Crippen MR) is 109 cm³/mol. The summed E-state index contributed by atoms with van der Waals surface area (Å²) in [4.78, 5) is 14.0. The second-order valence-electron chi connectivity index (χ2n) is 6.99. The Morgan fingerprint density at radius 1 is 1.10 bits per heavy atom. The highest BCUT2D eigenvalue weighted by Crippen LogP contribution is 2.29. The van der Waals surface area contributed by atoms with Crippen LogP contribution in [-0.2, 0) is 17.5 Å². The molecule has 2 aromatic carbocycles. The molecule has 3 rings (SSSR count). The van der Waals surface area contributed by atoms with Crippen molar-refractivity contribution in [1.29, 1.82) is 0 Å². The molecule has 0 aliphatic carbocycles. The highest BCUT2D eigenvalue weighted by Gasteiger charge is 2.30. The maximum atomic E-state index is 12.7. The molecule has 30 heavy (non-hydrogen) atoms. The van der Waals surface area contributed by atoms with Crippen LogP contribution in [0.5, 0.6) is 0 Å². The van der Waals surface area contributed by atoms with Crippen LogP contribution in [0.4, 0.5) is 13.2 Å². The number of amides is 1. The Morgan fingerprint density at radius 2 is 1.80 bits per heavy atom. The van der Waals surface area contributed by atoms with Crippen molar-refractivity contribution in [3.05, 3.63) is 71.0 Å². The average Bonchev–Trinajstić information content (AvgIpc) is 3.16. The molecule has 0 aliphatic rings. The van der Waals surface area contributed by atoms with Gasteiger partial charge < -0.3 is 4.90 Å². The van der Waals surface area contributed by atoms with Gasteiger partial charge in [0.25, 0.3) is 0 Å². The molecule has 0 radical (unpaired) electrons. The van der Waals surface area contributed by atoms with Gasteiger partial charge in [-0.25, -0.2) is 0 Å². The number of thioether (sulfide) groups is 1. The van der Waals surface area contributed by atoms with Gasteiger partial charge in [-0.3, -0.25) is 9.36 Å². The van der Waals surface area contributed by atoms with Gasteiger partial charge in [0, 0.05) is 19.3 Å². The van der Waals surface area contributed by atoms with E-state index in [0.29, 0.717) is 10.7 Å². The van der Waals surface area contributed by atoms with Crippen molar-refractivity contribution in [3.8, 4) is 5.69 Å². The zero-order valence-electron chi connectivity index (χ0n) is 16.8. The lowest BCUT2D eigenvalue weighted by molar-refractivity contribution is -0.137. The second-order valence-corrected chi connectivity index (χ2v) is 7.93. The molecule has 0 bridgehead atoms. The van der Waals surface area contributed by atoms with Crippen LogP contribution >= 0.6 is 11.8 Å². The maximum Gasteiger partial charge on any atom is 0.416 e. The van der Waals surface area contributed by atoms with E-state index in [1.165, 1.54) is 34.4 Å². The fourth-order valence-electron chi connectivity index (χ4n) is 2.77. The van der Waals surface area contributed by atoms with Crippen molar-refractivity contribution in [3.63, 3.8) is 0 Å². The molecule has 9 heteroatoms. The molecular formula is C21H21F3N4OS. The lowest BCUT2D eigenvalue weighted by Crippen LogP contribution is -2.28. The van der Waals surface area contributed by atoms with Gasteiger partial charge in [-0.05, 0) is 54.8 Å². The van der Waals surface area contributed by atoms with Crippen LogP contribution in [0.3, 0.4) is 0 Å². The van der Waals surface area contributed by atoms with Crippen molar-refractivity contribution in [2.45, 2.75) is 31.7 Å². The minimum Gasteiger partial charge on any atom is -0.341 e. The van der Waals surface area contributed by atoms with E-state index in [4.69, 9.17) is 0 Å². The number of hydrogen-bond acceptors (Lipinski definition) is 4. The quantitative estimate of drug-likeness (QED) is 0.530. The van der Waals surface area contributed by atoms with Gasteiger partial charge in [0.15, 0.2) is 5.16 Å². The van der Waals surface area contributed by atoms with Crippen molar-refractivity contribution >= 4 is 17.7 Å². The number of carbonyl (C=O) groups is 1. The lowest BCUT2D eigenvalue weighted by atomic mass is 10.1. The third kappa shape index (κ3) is 5.21. The summed E-state index contributed by atoms with van der Waals surface area (Å²) in [7, 11) is 1.62. The third-order valence-corrected chi connectivity index (χ3v) is 5.66. The largest absolute Gasteiger partial charge is 0.416 e. The fourth-order valence-corrected chi connectivity index (χ4v) is 3.64. The van der Waals surface area contributed by atoms with Crippen LogP contribution in [0.2, 0.25) is 0 Å². The van der Waals surface area contributed by atoms with Gasteiger partial charge in [0.1, 0.15) is 6.33 Å². The van der Waals surface area contributed by atoms with Crippen LogP contribution < -0.4 is 0 Å². The molecule has 0 N–H and O–H groups in total. The van der Waals surface area contributed by atoms with Crippen LogP contribution in [-0.4, -0.2) is 38.4 Å². The smallest absolute Gasteiger partial charge is 0.341 e. The van der Waals surface area contributed by atoms with E-state index < -0.39 is 11.7 Å². The van der Waals surface area contributed by atoms with Crippen LogP contribution in [0, 0.1) is 13.8 Å². The average molecular weight is 434 g/mol. The summed E-state index contributed by atoms with van der Waals surface area (Å²) < 4.78 is 39.8. The number of alkyl halides is 3. The topological polar surface area (TPSA) is 51.0 Å². The van der Waals surface area contributed by atoms with E-state index in [9.17, 15) is 18.0 Å². The molecule has 1 amide bonds. The minimum atomic E-state index is -4.37. The number of aryl methyl sites for hydroxylation is 2. The molecule has 0 aliphatic heterocycles. The number of aromatic nitrogens is 3. The van der Waals surface area contributed by atoms with Crippen molar-refractivity contribution < 1.29 is 18.0 Å². The van der Waals surface area contributed by atoms with E-state index in [1.807, 2.05) is 36.6 Å². The first-order valence-corrected chi connectivity index (χ1v) is 10.1. The van der Waals surface area contributed by atoms with Crippen molar-refractivity contribution in [1.82, 2.24) is 19.7 Å². The van der Waals surface area contributed by atoms with Gasteiger partial charge in [0.2, 0.25) is 5.91 Å². The highest BCUT2D eigenvalue weighted by atomic mass is 32.2. The predicted octanol–water partition coefficient (Wildman–Crippen LogP) is 4.65. The van der Waals surface area contributed by atoms with Gasteiger partial charge in [0.05, 0.1) is 11.3 Å². The molecule has 1 heterocycles. The Hall–Kier alpha value is -2.81. The van der Waals surface area contributed by atoms with Gasteiger partial charge in [-0.2, -0.15) is 13.2 Å². The summed E-state index contributed by atoms with van der Waals surface area (Å²) in [5, 5.41) is 8.63. The Morgan fingerprint density at radius 3 is 2.43 bits per heavy atom. The molecule has 1 aromatic heterocycles. The summed E-state index contributed by atoms with van der Waals surface area (Å²) >= 11 is 1.26. The van der Waals surface area contributed by atoms with Gasteiger partial charge in [-0.15, -0.1) is 10.2 Å². The first-order valence-electron chi connectivity index (χ1n) is 9.15. The second kappa shape index (κ2) is 8.91. The lowest BCUT2D eigenvalue weighted by Gasteiger charge is -2.17. The molecule has 5 nitrogen and oxygen atoms in total. The SMILES string of the molecule is Cc1ccc(-n2cnnc2SCC(=O)N(C)Cc2ccc(C(F)(F)F)cc2)cc1C. The third-order valence-electron chi connectivity index (χ3n) is 4.74. The Bertz CT molecular complexity index is 1030. The van der Waals surface area contributed by atoms with E-state index in [1.54, 1.807) is 13.4 Å². The van der Waals surface area contributed by atoms with Gasteiger partial charge >= 0.3 is 6.18 Å². The van der Waals surface area contributed by atoms with Crippen LogP contribution in [0.25, 0.3) is 5.69 Å². The normalized spacial score (nSPS) is 11.5. The van der Waals surface area contributed by atoms with E-state index in [-0.39, 0.29) is 18.2 Å². The maximum absolute atomic E-state index is 12.7. The zero-order valence-corrected chi connectivity index (χ0v) is 17.6. The summed E-state index contributed by atoms with van der Waals surface area (Å²) in [6.45, 7) is 4.28.